The van der Waals surface area contributed by atoms with Gasteiger partial charge in [-0.3, -0.25) is 14.0 Å². The van der Waals surface area contributed by atoms with Crippen molar-refractivity contribution in [1.29, 1.82) is 0 Å². The molecule has 0 aromatic carbocycles. The summed E-state index contributed by atoms with van der Waals surface area (Å²) in [6.07, 6.45) is 0. The second-order valence-electron chi connectivity index (χ2n) is 4.10. The van der Waals surface area contributed by atoms with Gasteiger partial charge < -0.3 is 0 Å². The van der Waals surface area contributed by atoms with Gasteiger partial charge in [0.25, 0.3) is 0 Å². The fraction of sp³-hybridized carbons (Fsp3) is 1.00. The molecule has 0 spiro atoms. The van der Waals surface area contributed by atoms with Crippen LogP contribution in [0, 0.1) is 0 Å². The molecule has 0 aromatic heterocycles. The summed E-state index contributed by atoms with van der Waals surface area (Å²) in [7, 11) is -0.714. The third-order valence-corrected chi connectivity index (χ3v) is 10.1. The van der Waals surface area contributed by atoms with Gasteiger partial charge in [-0.15, -0.1) is 0 Å². The van der Waals surface area contributed by atoms with Crippen molar-refractivity contribution in [2.45, 2.75) is 0 Å². The van der Waals surface area contributed by atoms with Crippen molar-refractivity contribution < 1.29 is 0 Å². The molecule has 4 aliphatic rings. The first-order valence-electron chi connectivity index (χ1n) is 5.34. The highest BCUT2D eigenvalue weighted by Crippen LogP contribution is 2.62. The van der Waals surface area contributed by atoms with Crippen LogP contribution in [0.5, 0.6) is 0 Å². The average molecular weight is 264 g/mol. The monoisotopic (exact) mass is 264 g/mol. The molecular weight excluding hydrogens is 249 g/mol. The Kier molecular flexibility index (Phi) is 2.52. The molecule has 0 aromatic rings. The zero-order valence-corrected chi connectivity index (χ0v) is 11.1. The molecule has 0 amide bonds. The summed E-state index contributed by atoms with van der Waals surface area (Å²) in [4.78, 5) is 11.2. The minimum atomic E-state index is -0.238. The lowest BCUT2D eigenvalue weighted by Crippen LogP contribution is -2.33. The Labute approximate surface area is 93.5 Å². The predicted octanol–water partition coefficient (Wildman–Crippen LogP) is 0.396. The van der Waals surface area contributed by atoms with Crippen molar-refractivity contribution >= 4 is 25.1 Å². The minimum absolute atomic E-state index is 0.238. The van der Waals surface area contributed by atoms with E-state index >= 15 is 0 Å². The van der Waals surface area contributed by atoms with Gasteiger partial charge in [-0.05, 0) is 0 Å². The topological polar surface area (TPSA) is 45.1 Å². The summed E-state index contributed by atoms with van der Waals surface area (Å²) >= 11 is 0. The Hall–Kier alpha value is 1.05. The van der Waals surface area contributed by atoms with Crippen molar-refractivity contribution in [3.8, 4) is 0 Å². The summed E-state index contributed by atoms with van der Waals surface area (Å²) in [5.74, 6) is 0. The van der Waals surface area contributed by atoms with Crippen LogP contribution in [0.2, 0.25) is 0 Å². The number of hydrogen-bond donors (Lipinski definition) is 3. The van der Waals surface area contributed by atoms with E-state index in [0.29, 0.717) is 0 Å². The zero-order valence-electron chi connectivity index (χ0n) is 8.43. The van der Waals surface area contributed by atoms with Gasteiger partial charge in [-0.1, -0.05) is 0 Å². The van der Waals surface area contributed by atoms with Crippen molar-refractivity contribution in [2.24, 2.45) is 0 Å². The Bertz CT molecular complexity index is 219. The molecule has 4 saturated heterocycles. The van der Waals surface area contributed by atoms with Crippen molar-refractivity contribution in [2.75, 3.05) is 39.3 Å². The molecule has 0 radical (unpaired) electrons. The van der Waals surface area contributed by atoms with Gasteiger partial charge in [0.2, 0.25) is 0 Å². The van der Waals surface area contributed by atoms with E-state index in [4.69, 9.17) is 0 Å². The Morgan fingerprint density at radius 1 is 0.533 bits per heavy atom. The molecule has 4 fully saturated rings. The number of hydrogen-bond acceptors (Lipinski definition) is 6. The standard InChI is InChI=1S/C6H15N6P3/c1-2-10(1)13-7-14(11-3-4-11)9-15(8-13)12-5-6-12/h7-9H,1-6H2. The normalized spacial score (nSPS) is 46.8. The summed E-state index contributed by atoms with van der Waals surface area (Å²) in [6.45, 7) is 7.66. The highest BCUT2D eigenvalue weighted by Gasteiger charge is 2.44. The van der Waals surface area contributed by atoms with Crippen LogP contribution in [0.1, 0.15) is 0 Å². The Balaban J connectivity index is 1.46. The van der Waals surface area contributed by atoms with Crippen molar-refractivity contribution in [3.63, 3.8) is 0 Å². The lowest BCUT2D eigenvalue weighted by molar-refractivity contribution is 0.833. The van der Waals surface area contributed by atoms with Gasteiger partial charge >= 0.3 is 0 Å². The molecule has 4 heterocycles. The SMILES string of the molecule is C1CN1P1NP(N2CC2)NP(N2CC2)N1. The molecule has 0 saturated carbocycles. The average Bonchev–Trinajstić information content (AvgIpc) is 3.20. The summed E-state index contributed by atoms with van der Waals surface area (Å²) < 4.78 is 7.56. The molecule has 84 valence electrons. The van der Waals surface area contributed by atoms with Crippen LogP contribution >= 0.6 is 25.1 Å². The summed E-state index contributed by atoms with van der Waals surface area (Å²) in [5.41, 5.74) is 0. The summed E-state index contributed by atoms with van der Waals surface area (Å²) in [5, 5.41) is 0. The highest BCUT2D eigenvalue weighted by atomic mass is 31.3. The first kappa shape index (κ1) is 10.0. The van der Waals surface area contributed by atoms with E-state index in [1.54, 1.807) is 0 Å². The molecule has 0 bridgehead atoms. The van der Waals surface area contributed by atoms with Crippen LogP contribution in [0.3, 0.4) is 0 Å². The van der Waals surface area contributed by atoms with Crippen LogP contribution in [0.25, 0.3) is 0 Å². The highest BCUT2D eigenvalue weighted by molar-refractivity contribution is 7.82. The van der Waals surface area contributed by atoms with E-state index in [1.165, 1.54) is 39.3 Å². The molecule has 0 unspecified atom stereocenters. The maximum Gasteiger partial charge on any atom is 0.126 e. The van der Waals surface area contributed by atoms with Crippen LogP contribution < -0.4 is 14.6 Å². The lowest BCUT2D eigenvalue weighted by Gasteiger charge is -2.38. The number of rotatable bonds is 3. The molecule has 4 aliphatic heterocycles. The fourth-order valence-electron chi connectivity index (χ4n) is 1.45. The third kappa shape index (κ3) is 2.21. The van der Waals surface area contributed by atoms with Crippen molar-refractivity contribution in [3.05, 3.63) is 0 Å². The second-order valence-corrected chi connectivity index (χ2v) is 10.1. The van der Waals surface area contributed by atoms with Crippen molar-refractivity contribution in [1.82, 2.24) is 28.6 Å². The van der Waals surface area contributed by atoms with Gasteiger partial charge in [-0.25, -0.2) is 14.6 Å². The van der Waals surface area contributed by atoms with Gasteiger partial charge in [0, 0.05) is 39.3 Å². The second kappa shape index (κ2) is 3.78. The largest absolute Gasteiger partial charge is 0.255 e. The first-order chi connectivity index (χ1) is 7.40. The first-order valence-corrected chi connectivity index (χ1v) is 9.22. The fourth-order valence-corrected chi connectivity index (χ4v) is 9.85. The summed E-state index contributed by atoms with van der Waals surface area (Å²) in [6, 6.07) is 0. The molecule has 15 heavy (non-hydrogen) atoms. The van der Waals surface area contributed by atoms with Gasteiger partial charge in [0.1, 0.15) is 25.1 Å². The van der Waals surface area contributed by atoms with Crippen LogP contribution in [0.4, 0.5) is 0 Å². The maximum absolute atomic E-state index is 3.74. The quantitative estimate of drug-likeness (QED) is 0.506. The molecule has 0 atom stereocenters. The third-order valence-electron chi connectivity index (χ3n) is 2.69. The van der Waals surface area contributed by atoms with Crippen LogP contribution in [-0.2, 0) is 0 Å². The van der Waals surface area contributed by atoms with Gasteiger partial charge in [-0.2, -0.15) is 0 Å². The van der Waals surface area contributed by atoms with E-state index < -0.39 is 0 Å². The molecule has 6 nitrogen and oxygen atoms in total. The zero-order chi connectivity index (χ0) is 9.83. The number of nitrogens with zero attached hydrogens (tertiary/aromatic N) is 3. The van der Waals surface area contributed by atoms with Gasteiger partial charge in [0.05, 0.1) is 0 Å². The molecular formula is C6H15N6P3. The molecule has 9 heteroatoms. The number of nitrogens with one attached hydrogen (secondary N) is 3. The smallest absolute Gasteiger partial charge is 0.126 e. The predicted molar refractivity (Wildman–Crippen MR) is 64.9 cm³/mol. The van der Waals surface area contributed by atoms with E-state index in [1.807, 2.05) is 0 Å². The van der Waals surface area contributed by atoms with E-state index in [2.05, 4.69) is 28.6 Å². The lowest BCUT2D eigenvalue weighted by atomic mass is 11.0. The Morgan fingerprint density at radius 2 is 0.800 bits per heavy atom. The Morgan fingerprint density at radius 3 is 1.00 bits per heavy atom. The van der Waals surface area contributed by atoms with Gasteiger partial charge in [0.15, 0.2) is 0 Å². The van der Waals surface area contributed by atoms with E-state index in [-0.39, 0.29) is 25.1 Å². The van der Waals surface area contributed by atoms with Crippen LogP contribution in [0.15, 0.2) is 0 Å². The molecule has 3 N–H and O–H groups in total. The maximum atomic E-state index is 3.74. The van der Waals surface area contributed by atoms with E-state index in [0.717, 1.165) is 0 Å². The minimum Gasteiger partial charge on any atom is -0.255 e. The molecule has 4 rings (SSSR count). The molecule has 0 aliphatic carbocycles. The van der Waals surface area contributed by atoms with Crippen LogP contribution in [-0.4, -0.2) is 53.3 Å². The van der Waals surface area contributed by atoms with E-state index in [9.17, 15) is 0 Å².